The van der Waals surface area contributed by atoms with Gasteiger partial charge in [-0.25, -0.2) is 0 Å². The summed E-state index contributed by atoms with van der Waals surface area (Å²) < 4.78 is 0. The third-order valence-corrected chi connectivity index (χ3v) is 2.58. The van der Waals surface area contributed by atoms with Gasteiger partial charge < -0.3 is 15.3 Å². The first-order chi connectivity index (χ1) is 8.32. The Morgan fingerprint density at radius 3 is 2.50 bits per heavy atom. The van der Waals surface area contributed by atoms with Crippen LogP contribution in [0.5, 0.6) is 5.75 Å². The molecule has 0 radical (unpaired) electrons. The molecule has 3 N–H and O–H groups in total. The van der Waals surface area contributed by atoms with Crippen molar-refractivity contribution in [1.29, 1.82) is 0 Å². The van der Waals surface area contributed by atoms with Gasteiger partial charge in [-0.1, -0.05) is 11.6 Å². The first kappa shape index (κ1) is 14.3. The van der Waals surface area contributed by atoms with E-state index in [4.69, 9.17) is 21.8 Å². The van der Waals surface area contributed by atoms with Crippen LogP contribution < -0.4 is 0 Å². The molecular weight excluding hydrogens is 262 g/mol. The fourth-order valence-electron chi connectivity index (χ4n) is 1.61. The molecule has 6 nitrogen and oxygen atoms in total. The lowest BCUT2D eigenvalue weighted by atomic mass is 10.0. The second-order valence-corrected chi connectivity index (χ2v) is 4.19. The van der Waals surface area contributed by atoms with Crippen LogP contribution in [-0.4, -0.2) is 45.8 Å². The smallest absolute Gasteiger partial charge is 0.325 e. The highest BCUT2D eigenvalue weighted by atomic mass is 35.5. The maximum Gasteiger partial charge on any atom is 0.325 e. The Labute approximate surface area is 108 Å². The van der Waals surface area contributed by atoms with Crippen LogP contribution >= 0.6 is 11.6 Å². The summed E-state index contributed by atoms with van der Waals surface area (Å²) in [7, 11) is 1.34. The SMILES string of the molecule is CN(CC(=O)O)C(C(=O)O)c1cc(Cl)ccc1O. The van der Waals surface area contributed by atoms with Crippen LogP contribution in [-0.2, 0) is 9.59 Å². The quantitative estimate of drug-likeness (QED) is 0.745. The minimum atomic E-state index is -1.28. The molecule has 1 aromatic carbocycles. The normalized spacial score (nSPS) is 12.4. The molecule has 0 bridgehead atoms. The van der Waals surface area contributed by atoms with Crippen molar-refractivity contribution in [3.8, 4) is 5.75 Å². The maximum atomic E-state index is 11.2. The van der Waals surface area contributed by atoms with E-state index in [1.165, 1.54) is 25.2 Å². The zero-order valence-electron chi connectivity index (χ0n) is 9.50. The van der Waals surface area contributed by atoms with E-state index < -0.39 is 24.5 Å². The molecule has 7 heteroatoms. The van der Waals surface area contributed by atoms with Gasteiger partial charge in [0, 0.05) is 10.6 Å². The van der Waals surface area contributed by atoms with Crippen molar-refractivity contribution in [3.63, 3.8) is 0 Å². The molecule has 98 valence electrons. The van der Waals surface area contributed by atoms with Crippen molar-refractivity contribution < 1.29 is 24.9 Å². The third kappa shape index (κ3) is 3.35. The highest BCUT2D eigenvalue weighted by molar-refractivity contribution is 6.30. The lowest BCUT2D eigenvalue weighted by Crippen LogP contribution is -2.34. The number of nitrogens with zero attached hydrogens (tertiary/aromatic N) is 1. The lowest BCUT2D eigenvalue weighted by molar-refractivity contribution is -0.145. The summed E-state index contributed by atoms with van der Waals surface area (Å²) in [5.41, 5.74) is 0.0544. The highest BCUT2D eigenvalue weighted by Gasteiger charge is 2.28. The standard InChI is InChI=1S/C11H12ClNO5/c1-13(5-9(15)16)10(11(17)18)7-4-6(12)2-3-8(7)14/h2-4,10,14H,5H2,1H3,(H,15,16)(H,17,18). The van der Waals surface area contributed by atoms with Gasteiger partial charge in [0.1, 0.15) is 11.8 Å². The van der Waals surface area contributed by atoms with E-state index in [2.05, 4.69) is 0 Å². The minimum absolute atomic E-state index is 0.0544. The van der Waals surface area contributed by atoms with E-state index in [0.29, 0.717) is 0 Å². The fourth-order valence-corrected chi connectivity index (χ4v) is 1.79. The molecule has 1 rings (SSSR count). The molecule has 0 saturated carbocycles. The predicted octanol–water partition coefficient (Wildman–Crippen LogP) is 1.19. The van der Waals surface area contributed by atoms with Gasteiger partial charge in [0.25, 0.3) is 0 Å². The molecule has 0 spiro atoms. The van der Waals surface area contributed by atoms with Crippen LogP contribution in [0, 0.1) is 0 Å². The Morgan fingerprint density at radius 1 is 1.39 bits per heavy atom. The number of phenols is 1. The highest BCUT2D eigenvalue weighted by Crippen LogP contribution is 2.30. The second-order valence-electron chi connectivity index (χ2n) is 3.75. The summed E-state index contributed by atoms with van der Waals surface area (Å²) in [6, 6.07) is 2.70. The van der Waals surface area contributed by atoms with Crippen molar-refractivity contribution in [2.45, 2.75) is 6.04 Å². The molecule has 1 unspecified atom stereocenters. The maximum absolute atomic E-state index is 11.2. The Bertz CT molecular complexity index is 477. The van der Waals surface area contributed by atoms with Crippen molar-refractivity contribution in [2.24, 2.45) is 0 Å². The summed E-state index contributed by atoms with van der Waals surface area (Å²) in [5, 5.41) is 27.7. The lowest BCUT2D eigenvalue weighted by Gasteiger charge is -2.23. The van der Waals surface area contributed by atoms with Crippen molar-refractivity contribution in [1.82, 2.24) is 4.90 Å². The minimum Gasteiger partial charge on any atom is -0.508 e. The number of rotatable bonds is 5. The molecule has 0 fully saturated rings. The average Bonchev–Trinajstić information content (AvgIpc) is 2.21. The Hall–Kier alpha value is -1.79. The summed E-state index contributed by atoms with van der Waals surface area (Å²) in [6.07, 6.45) is 0. The monoisotopic (exact) mass is 273 g/mol. The second kappa shape index (κ2) is 5.70. The van der Waals surface area contributed by atoms with Crippen LogP contribution in [0.25, 0.3) is 0 Å². The molecule has 0 aliphatic heterocycles. The molecule has 0 aromatic heterocycles. The summed E-state index contributed by atoms with van der Waals surface area (Å²) in [5.74, 6) is -2.68. The van der Waals surface area contributed by atoms with Crippen LogP contribution in [0.4, 0.5) is 0 Å². The molecule has 0 amide bonds. The van der Waals surface area contributed by atoms with Gasteiger partial charge in [0.2, 0.25) is 0 Å². The number of carboxylic acids is 2. The number of aliphatic carboxylic acids is 2. The van der Waals surface area contributed by atoms with Gasteiger partial charge in [-0.15, -0.1) is 0 Å². The molecule has 0 aliphatic rings. The average molecular weight is 274 g/mol. The number of likely N-dealkylation sites (N-methyl/N-ethyl adjacent to an activating group) is 1. The number of phenolic OH excluding ortho intramolecular Hbond substituents is 1. The number of benzene rings is 1. The third-order valence-electron chi connectivity index (χ3n) is 2.34. The summed E-state index contributed by atoms with van der Waals surface area (Å²) in [4.78, 5) is 22.9. The Kier molecular flexibility index (Phi) is 4.52. The topological polar surface area (TPSA) is 98.1 Å². The van der Waals surface area contributed by atoms with E-state index >= 15 is 0 Å². The van der Waals surface area contributed by atoms with Crippen LogP contribution in [0.3, 0.4) is 0 Å². The van der Waals surface area contributed by atoms with Gasteiger partial charge in [0.05, 0.1) is 6.54 Å². The van der Waals surface area contributed by atoms with Crippen molar-refractivity contribution in [2.75, 3.05) is 13.6 Å². The number of hydrogen-bond donors (Lipinski definition) is 3. The molecular formula is C11H12ClNO5. The van der Waals surface area contributed by atoms with E-state index in [9.17, 15) is 14.7 Å². The van der Waals surface area contributed by atoms with Gasteiger partial charge in [0.15, 0.2) is 0 Å². The molecule has 1 atom stereocenters. The molecule has 0 aliphatic carbocycles. The first-order valence-corrected chi connectivity index (χ1v) is 5.34. The largest absolute Gasteiger partial charge is 0.508 e. The molecule has 1 aromatic rings. The van der Waals surface area contributed by atoms with Crippen LogP contribution in [0.1, 0.15) is 11.6 Å². The van der Waals surface area contributed by atoms with Gasteiger partial charge in [-0.2, -0.15) is 0 Å². The van der Waals surface area contributed by atoms with Gasteiger partial charge in [-0.05, 0) is 25.2 Å². The number of aromatic hydroxyl groups is 1. The van der Waals surface area contributed by atoms with Crippen molar-refractivity contribution in [3.05, 3.63) is 28.8 Å². The van der Waals surface area contributed by atoms with Gasteiger partial charge >= 0.3 is 11.9 Å². The van der Waals surface area contributed by atoms with Crippen molar-refractivity contribution >= 4 is 23.5 Å². The Morgan fingerprint density at radius 2 is 2.00 bits per heavy atom. The molecule has 0 heterocycles. The van der Waals surface area contributed by atoms with E-state index in [0.717, 1.165) is 4.90 Å². The summed E-state index contributed by atoms with van der Waals surface area (Å²) in [6.45, 7) is -0.469. The zero-order chi connectivity index (χ0) is 13.9. The number of carboxylic acid groups (broad SMARTS) is 2. The zero-order valence-corrected chi connectivity index (χ0v) is 10.3. The number of hydrogen-bond acceptors (Lipinski definition) is 4. The van der Waals surface area contributed by atoms with E-state index in [-0.39, 0.29) is 16.3 Å². The number of carbonyl (C=O) groups is 2. The van der Waals surface area contributed by atoms with E-state index in [1.807, 2.05) is 0 Å². The van der Waals surface area contributed by atoms with Crippen LogP contribution in [0.2, 0.25) is 5.02 Å². The van der Waals surface area contributed by atoms with Gasteiger partial charge in [-0.3, -0.25) is 14.5 Å². The Balaban J connectivity index is 3.15. The predicted molar refractivity (Wildman–Crippen MR) is 63.8 cm³/mol. The van der Waals surface area contributed by atoms with E-state index in [1.54, 1.807) is 0 Å². The molecule has 18 heavy (non-hydrogen) atoms. The first-order valence-electron chi connectivity index (χ1n) is 4.96. The number of halogens is 1. The van der Waals surface area contributed by atoms with Crippen LogP contribution in [0.15, 0.2) is 18.2 Å². The fraction of sp³-hybridized carbons (Fsp3) is 0.273. The molecule has 0 saturated heterocycles. The summed E-state index contributed by atoms with van der Waals surface area (Å²) >= 11 is 5.74.